The van der Waals surface area contributed by atoms with Crippen molar-refractivity contribution in [2.24, 2.45) is 0 Å². The van der Waals surface area contributed by atoms with Crippen LogP contribution in [0, 0.1) is 5.82 Å². The largest absolute Gasteiger partial charge is 0.423 e. The Kier molecular flexibility index (Phi) is 12.2. The third-order valence-electron chi connectivity index (χ3n) is 6.69. The Hall–Kier alpha value is -3.08. The summed E-state index contributed by atoms with van der Waals surface area (Å²) >= 11 is 0. The van der Waals surface area contributed by atoms with Gasteiger partial charge in [0.05, 0.1) is 5.56 Å². The highest BCUT2D eigenvalue weighted by atomic mass is 19.1. The number of hydrogen-bond donors (Lipinski definition) is 0. The maximum Gasteiger partial charge on any atom is 0.343 e. The van der Waals surface area contributed by atoms with E-state index in [0.717, 1.165) is 36.8 Å². The minimum Gasteiger partial charge on any atom is -0.423 e. The van der Waals surface area contributed by atoms with Crippen molar-refractivity contribution in [3.8, 4) is 17.1 Å². The first-order valence-corrected chi connectivity index (χ1v) is 14.0. The van der Waals surface area contributed by atoms with Crippen LogP contribution in [0.5, 0.6) is 5.75 Å². The minimum absolute atomic E-state index is 0.216. The molecule has 0 spiro atoms. The first-order chi connectivity index (χ1) is 18.1. The molecule has 1 aromatic heterocycles. The van der Waals surface area contributed by atoms with Gasteiger partial charge >= 0.3 is 5.97 Å². The van der Waals surface area contributed by atoms with Gasteiger partial charge in [0.2, 0.25) is 0 Å². The van der Waals surface area contributed by atoms with Gasteiger partial charge < -0.3 is 4.74 Å². The second kappa shape index (κ2) is 15.9. The van der Waals surface area contributed by atoms with E-state index < -0.39 is 5.97 Å². The molecule has 1 heterocycles. The molecule has 0 amide bonds. The Morgan fingerprint density at radius 1 is 0.757 bits per heavy atom. The van der Waals surface area contributed by atoms with Gasteiger partial charge in [-0.15, -0.1) is 0 Å². The van der Waals surface area contributed by atoms with E-state index >= 15 is 0 Å². The van der Waals surface area contributed by atoms with Crippen molar-refractivity contribution in [3.05, 3.63) is 77.4 Å². The zero-order valence-corrected chi connectivity index (χ0v) is 22.5. The smallest absolute Gasteiger partial charge is 0.343 e. The number of ether oxygens (including phenoxy) is 1. The Balaban J connectivity index is 1.46. The molecule has 4 nitrogen and oxygen atoms in total. The van der Waals surface area contributed by atoms with Gasteiger partial charge in [-0.05, 0) is 55.0 Å². The average molecular weight is 505 g/mol. The Morgan fingerprint density at radius 3 is 2.00 bits per heavy atom. The summed E-state index contributed by atoms with van der Waals surface area (Å²) in [5.74, 6) is -0.00518. The van der Waals surface area contributed by atoms with Gasteiger partial charge in [-0.2, -0.15) is 0 Å². The van der Waals surface area contributed by atoms with E-state index in [2.05, 4.69) is 23.8 Å². The Labute approximate surface area is 221 Å². The van der Waals surface area contributed by atoms with Crippen molar-refractivity contribution < 1.29 is 13.9 Å². The van der Waals surface area contributed by atoms with Crippen LogP contribution in [0.1, 0.15) is 106 Å². The molecule has 0 aliphatic rings. The lowest BCUT2D eigenvalue weighted by Crippen LogP contribution is -2.09. The molecule has 0 unspecified atom stereocenters. The first kappa shape index (κ1) is 28.5. The molecule has 3 aromatic rings. The Morgan fingerprint density at radius 2 is 1.35 bits per heavy atom. The number of aromatic nitrogens is 2. The summed E-state index contributed by atoms with van der Waals surface area (Å²) in [5, 5.41) is 0. The van der Waals surface area contributed by atoms with E-state index in [1.165, 1.54) is 57.4 Å². The molecule has 0 N–H and O–H groups in total. The molecular weight excluding hydrogens is 463 g/mol. The van der Waals surface area contributed by atoms with Crippen molar-refractivity contribution >= 4 is 5.97 Å². The molecule has 0 saturated carbocycles. The number of esters is 1. The van der Waals surface area contributed by atoms with Crippen molar-refractivity contribution in [2.45, 2.75) is 97.3 Å². The molecule has 0 radical (unpaired) electrons. The SMILES string of the molecule is CCCCCCCCCCc1ccc(OC(=O)c2ccc(-c3ncc(CCCCC)cn3)cc2)cc1F. The predicted molar refractivity (Wildman–Crippen MR) is 148 cm³/mol. The lowest BCUT2D eigenvalue weighted by Gasteiger charge is -2.08. The normalized spacial score (nSPS) is 11.0. The number of rotatable bonds is 16. The summed E-state index contributed by atoms with van der Waals surface area (Å²) in [6.45, 7) is 4.41. The molecule has 2 aromatic carbocycles. The summed E-state index contributed by atoms with van der Waals surface area (Å²) in [6.07, 6.45) is 18.7. The van der Waals surface area contributed by atoms with E-state index in [-0.39, 0.29) is 11.6 Å². The van der Waals surface area contributed by atoms with Crippen LogP contribution >= 0.6 is 0 Å². The van der Waals surface area contributed by atoms with Gasteiger partial charge in [0.15, 0.2) is 5.82 Å². The van der Waals surface area contributed by atoms with Gasteiger partial charge in [0, 0.05) is 24.0 Å². The fourth-order valence-corrected chi connectivity index (χ4v) is 4.38. The highest BCUT2D eigenvalue weighted by molar-refractivity contribution is 5.91. The summed E-state index contributed by atoms with van der Waals surface area (Å²) in [5.41, 5.74) is 3.02. The van der Waals surface area contributed by atoms with Crippen molar-refractivity contribution in [1.82, 2.24) is 9.97 Å². The maximum absolute atomic E-state index is 14.6. The molecule has 0 aliphatic carbocycles. The summed E-state index contributed by atoms with van der Waals surface area (Å²) < 4.78 is 20.0. The number of carbonyl (C=O) groups excluding carboxylic acids is 1. The maximum atomic E-state index is 14.6. The molecule has 198 valence electrons. The molecule has 37 heavy (non-hydrogen) atoms. The number of aryl methyl sites for hydroxylation is 2. The fourth-order valence-electron chi connectivity index (χ4n) is 4.38. The number of carbonyl (C=O) groups is 1. The minimum atomic E-state index is -0.519. The van der Waals surface area contributed by atoms with Crippen LogP contribution in [-0.4, -0.2) is 15.9 Å². The predicted octanol–water partition coefficient (Wildman–Crippen LogP) is 8.92. The van der Waals surface area contributed by atoms with E-state index in [0.29, 0.717) is 23.4 Å². The van der Waals surface area contributed by atoms with Gasteiger partial charge in [0.25, 0.3) is 0 Å². The molecule has 0 aliphatic heterocycles. The molecule has 0 saturated heterocycles. The van der Waals surface area contributed by atoms with Crippen LogP contribution in [0.25, 0.3) is 11.4 Å². The van der Waals surface area contributed by atoms with Crippen LogP contribution in [0.2, 0.25) is 0 Å². The van der Waals surface area contributed by atoms with Crippen LogP contribution in [0.15, 0.2) is 54.9 Å². The molecule has 0 bridgehead atoms. The quantitative estimate of drug-likeness (QED) is 0.111. The number of hydrogen-bond acceptors (Lipinski definition) is 4. The van der Waals surface area contributed by atoms with Gasteiger partial charge in [0.1, 0.15) is 11.6 Å². The zero-order chi connectivity index (χ0) is 26.3. The third-order valence-corrected chi connectivity index (χ3v) is 6.69. The number of nitrogens with zero attached hydrogens (tertiary/aromatic N) is 2. The van der Waals surface area contributed by atoms with Crippen LogP contribution in [0.3, 0.4) is 0 Å². The van der Waals surface area contributed by atoms with E-state index in [1.807, 2.05) is 12.4 Å². The highest BCUT2D eigenvalue weighted by Gasteiger charge is 2.12. The topological polar surface area (TPSA) is 52.1 Å². The fraction of sp³-hybridized carbons (Fsp3) is 0.469. The molecule has 3 rings (SSSR count). The third kappa shape index (κ3) is 9.71. The lowest BCUT2D eigenvalue weighted by molar-refractivity contribution is 0.0734. The summed E-state index contributed by atoms with van der Waals surface area (Å²) in [6, 6.07) is 11.7. The average Bonchev–Trinajstić information content (AvgIpc) is 2.92. The zero-order valence-electron chi connectivity index (χ0n) is 22.5. The van der Waals surface area contributed by atoms with Gasteiger partial charge in [-0.25, -0.2) is 19.2 Å². The molecule has 5 heteroatoms. The van der Waals surface area contributed by atoms with Crippen LogP contribution in [0.4, 0.5) is 4.39 Å². The van der Waals surface area contributed by atoms with Crippen molar-refractivity contribution in [1.29, 1.82) is 0 Å². The van der Waals surface area contributed by atoms with E-state index in [4.69, 9.17) is 4.74 Å². The molecule has 0 fully saturated rings. The van der Waals surface area contributed by atoms with Crippen LogP contribution in [-0.2, 0) is 12.8 Å². The van der Waals surface area contributed by atoms with Crippen molar-refractivity contribution in [2.75, 3.05) is 0 Å². The summed E-state index contributed by atoms with van der Waals surface area (Å²) in [7, 11) is 0. The number of halogens is 1. The lowest BCUT2D eigenvalue weighted by atomic mass is 10.0. The first-order valence-electron chi connectivity index (χ1n) is 14.0. The number of benzene rings is 2. The molecular formula is C32H41FN2O2. The van der Waals surface area contributed by atoms with Crippen molar-refractivity contribution in [3.63, 3.8) is 0 Å². The molecule has 0 atom stereocenters. The van der Waals surface area contributed by atoms with Crippen LogP contribution < -0.4 is 4.74 Å². The van der Waals surface area contributed by atoms with E-state index in [1.54, 1.807) is 36.4 Å². The number of unbranched alkanes of at least 4 members (excludes halogenated alkanes) is 9. The van der Waals surface area contributed by atoms with E-state index in [9.17, 15) is 9.18 Å². The summed E-state index contributed by atoms with van der Waals surface area (Å²) in [4.78, 5) is 21.5. The Bertz CT molecular complexity index is 1080. The standard InChI is InChI=1S/C32H41FN2O2/c1-3-5-7-8-9-10-11-13-15-26-20-21-29(22-30(26)33)37-32(36)28-18-16-27(17-19-28)31-34-23-25(24-35-31)14-12-6-4-2/h16-24H,3-15H2,1-2H3. The monoisotopic (exact) mass is 504 g/mol. The second-order valence-electron chi connectivity index (χ2n) is 9.82. The second-order valence-corrected chi connectivity index (χ2v) is 9.82. The van der Waals surface area contributed by atoms with Gasteiger partial charge in [-0.3, -0.25) is 0 Å². The van der Waals surface area contributed by atoms with Gasteiger partial charge in [-0.1, -0.05) is 89.8 Å². The highest BCUT2D eigenvalue weighted by Crippen LogP contribution is 2.21.